The van der Waals surface area contributed by atoms with E-state index in [0.29, 0.717) is 62.4 Å². The van der Waals surface area contributed by atoms with Crippen molar-refractivity contribution in [2.45, 2.75) is 88.9 Å². The van der Waals surface area contributed by atoms with Gasteiger partial charge in [-0.1, -0.05) is 38.8 Å². The highest BCUT2D eigenvalue weighted by Gasteiger charge is 2.32. The molecule has 2 fully saturated rings. The third-order valence-corrected chi connectivity index (χ3v) is 14.2. The van der Waals surface area contributed by atoms with Gasteiger partial charge in [-0.3, -0.25) is 28.9 Å². The first-order valence-electron chi connectivity index (χ1n) is 22.1. The van der Waals surface area contributed by atoms with Crippen LogP contribution in [0.3, 0.4) is 0 Å². The Hall–Kier alpha value is -4.91. The highest BCUT2D eigenvalue weighted by Crippen LogP contribution is 2.28. The average molecular weight is 896 g/mol. The summed E-state index contributed by atoms with van der Waals surface area (Å²) in [7, 11) is -2.06. The summed E-state index contributed by atoms with van der Waals surface area (Å²) in [5.74, 6) is -2.05. The molecule has 0 saturated carbocycles. The van der Waals surface area contributed by atoms with E-state index in [1.54, 1.807) is 24.9 Å². The van der Waals surface area contributed by atoms with Crippen molar-refractivity contribution in [2.75, 3.05) is 70.3 Å². The molecular formula is C45H62FN7O9S. The van der Waals surface area contributed by atoms with Crippen LogP contribution in [0.1, 0.15) is 71.3 Å². The third kappa shape index (κ3) is 12.9. The van der Waals surface area contributed by atoms with Crippen LogP contribution in [0.15, 0.2) is 65.4 Å². The van der Waals surface area contributed by atoms with E-state index < -0.39 is 46.2 Å². The average Bonchev–Trinajstić information content (AvgIpc) is 3.84. The lowest BCUT2D eigenvalue weighted by molar-refractivity contribution is -0.151. The number of sulfonamides is 1. The van der Waals surface area contributed by atoms with Gasteiger partial charge in [0.25, 0.3) is 11.8 Å². The first-order chi connectivity index (χ1) is 30.1. The van der Waals surface area contributed by atoms with Crippen molar-refractivity contribution in [2.24, 2.45) is 18.9 Å². The number of benzene rings is 1. The number of unbranched alkanes of at least 4 members (excludes halogenated alkanes) is 3. The Morgan fingerprint density at radius 1 is 0.921 bits per heavy atom. The second kappa shape index (κ2) is 21.6. The first-order valence-corrected chi connectivity index (χ1v) is 23.5. The molecule has 5 atom stereocenters. The van der Waals surface area contributed by atoms with E-state index in [9.17, 15) is 32.7 Å². The minimum Gasteiger partial charge on any atom is -0.457 e. The number of hydrogen-bond acceptors (Lipinski definition) is 12. The van der Waals surface area contributed by atoms with Crippen LogP contribution in [0.5, 0.6) is 0 Å². The molecule has 5 heterocycles. The van der Waals surface area contributed by atoms with E-state index in [4.69, 9.17) is 9.47 Å². The van der Waals surface area contributed by atoms with Crippen LogP contribution in [-0.4, -0.2) is 150 Å². The van der Waals surface area contributed by atoms with Gasteiger partial charge in [0.05, 0.1) is 18.7 Å². The molecule has 1 aromatic heterocycles. The van der Waals surface area contributed by atoms with Gasteiger partial charge < -0.3 is 24.4 Å². The maximum atomic E-state index is 15.2. The van der Waals surface area contributed by atoms with Gasteiger partial charge in [-0.2, -0.15) is 9.40 Å². The van der Waals surface area contributed by atoms with Crippen molar-refractivity contribution in [3.05, 3.63) is 71.9 Å². The molecule has 344 valence electrons. The summed E-state index contributed by atoms with van der Waals surface area (Å²) in [5, 5.41) is 14.8. The quantitative estimate of drug-likeness (QED) is 0.130. The molecule has 3 amide bonds. The summed E-state index contributed by atoms with van der Waals surface area (Å²) in [4.78, 5) is 57.5. The number of esters is 1. The predicted molar refractivity (Wildman–Crippen MR) is 234 cm³/mol. The fraction of sp³-hybridized carbons (Fsp3) is 0.578. The Labute approximate surface area is 370 Å². The number of aromatic nitrogens is 2. The predicted octanol–water partition coefficient (Wildman–Crippen LogP) is 4.37. The molecule has 0 spiro atoms. The molecule has 6 rings (SSSR count). The number of rotatable bonds is 13. The number of aliphatic hydroxyl groups excluding tert-OH is 1. The summed E-state index contributed by atoms with van der Waals surface area (Å²) in [6.45, 7) is 10.6. The molecule has 4 aliphatic heterocycles. The lowest BCUT2D eigenvalue weighted by Gasteiger charge is -2.35. The SMILES string of the molecule is C/C(=C\c1cc(F)cc(N2CCN(S(=O)(=O)c3cnn(C)c3)CC2)c1)[C@H]1OC(=O)C[C@H](O)CC[C@H](C)[C@@H](OC(=O)N2CCN(CCCCCCN3C(=O)C=CC3=O)CC2)C=C[C@@H]1C. The maximum absolute atomic E-state index is 15.2. The minimum absolute atomic E-state index is 0.124. The second-order valence-corrected chi connectivity index (χ2v) is 19.1. The van der Waals surface area contributed by atoms with Crippen molar-refractivity contribution in [3.8, 4) is 0 Å². The van der Waals surface area contributed by atoms with Crippen LogP contribution >= 0.6 is 0 Å². The molecule has 0 bridgehead atoms. The van der Waals surface area contributed by atoms with E-state index in [1.165, 1.54) is 50.6 Å². The number of amides is 3. The Morgan fingerprint density at radius 3 is 2.27 bits per heavy atom. The van der Waals surface area contributed by atoms with E-state index in [1.807, 2.05) is 37.0 Å². The van der Waals surface area contributed by atoms with Crippen LogP contribution in [-0.2, 0) is 40.9 Å². The molecule has 18 heteroatoms. The maximum Gasteiger partial charge on any atom is 0.410 e. The van der Waals surface area contributed by atoms with Crippen molar-refractivity contribution in [3.63, 3.8) is 0 Å². The van der Waals surface area contributed by atoms with E-state index in [-0.39, 0.29) is 48.1 Å². The lowest BCUT2D eigenvalue weighted by atomic mass is 9.91. The Balaban J connectivity index is 1.04. The van der Waals surface area contributed by atoms with Crippen LogP contribution < -0.4 is 4.90 Å². The lowest BCUT2D eigenvalue weighted by Crippen LogP contribution is -2.49. The molecular weight excluding hydrogens is 834 g/mol. The summed E-state index contributed by atoms with van der Waals surface area (Å²) in [6.07, 6.45) is 12.4. The fourth-order valence-corrected chi connectivity index (χ4v) is 9.89. The van der Waals surface area contributed by atoms with Crippen LogP contribution in [0.2, 0.25) is 0 Å². The highest BCUT2D eigenvalue weighted by molar-refractivity contribution is 7.89. The Morgan fingerprint density at radius 2 is 1.60 bits per heavy atom. The number of nitrogens with zero attached hydrogens (tertiary/aromatic N) is 7. The second-order valence-electron chi connectivity index (χ2n) is 17.2. The summed E-state index contributed by atoms with van der Waals surface area (Å²) < 4.78 is 56.4. The molecule has 4 aliphatic rings. The van der Waals surface area contributed by atoms with Crippen molar-refractivity contribution in [1.29, 1.82) is 0 Å². The minimum atomic E-state index is -3.71. The molecule has 1 aromatic carbocycles. The molecule has 2 aromatic rings. The molecule has 2 saturated heterocycles. The zero-order valence-corrected chi connectivity index (χ0v) is 37.6. The number of aryl methyl sites for hydroxylation is 1. The normalized spacial score (nSPS) is 25.0. The number of ether oxygens (including phenoxy) is 2. The number of hydrogen-bond donors (Lipinski definition) is 1. The fourth-order valence-electron chi connectivity index (χ4n) is 8.48. The molecule has 16 nitrogen and oxygen atoms in total. The summed E-state index contributed by atoms with van der Waals surface area (Å²) in [6, 6.07) is 4.63. The number of cyclic esters (lactones) is 1. The number of carbonyl (C=O) groups is 4. The highest BCUT2D eigenvalue weighted by atomic mass is 32.2. The zero-order valence-electron chi connectivity index (χ0n) is 36.8. The van der Waals surface area contributed by atoms with Gasteiger partial charge in [-0.25, -0.2) is 17.6 Å². The number of halogens is 1. The van der Waals surface area contributed by atoms with E-state index in [2.05, 4.69) is 10.00 Å². The molecule has 0 unspecified atom stereocenters. The van der Waals surface area contributed by atoms with E-state index in [0.717, 1.165) is 45.3 Å². The Kier molecular flexibility index (Phi) is 16.3. The summed E-state index contributed by atoms with van der Waals surface area (Å²) >= 11 is 0. The van der Waals surface area contributed by atoms with Gasteiger partial charge in [0.15, 0.2) is 0 Å². The van der Waals surface area contributed by atoms with Crippen molar-refractivity contribution in [1.82, 2.24) is 28.8 Å². The van der Waals surface area contributed by atoms with Crippen molar-refractivity contribution >= 4 is 45.7 Å². The molecule has 63 heavy (non-hydrogen) atoms. The van der Waals surface area contributed by atoms with Crippen LogP contribution in [0.25, 0.3) is 6.08 Å². The third-order valence-electron chi connectivity index (χ3n) is 12.3. The number of imide groups is 1. The number of anilines is 1. The molecule has 0 aliphatic carbocycles. The van der Waals surface area contributed by atoms with Crippen LogP contribution in [0, 0.1) is 17.7 Å². The number of aliphatic hydroxyl groups is 1. The monoisotopic (exact) mass is 895 g/mol. The topological polar surface area (TPSA) is 175 Å². The zero-order chi connectivity index (χ0) is 45.3. The largest absolute Gasteiger partial charge is 0.457 e. The standard InChI is InChI=1S/C45H62FN7O9S/c1-32-9-11-38(54)29-43(57)62-44(34(3)25-35-26-36(46)28-37(27-35)50-21-23-52(24-22-50)63(59,60)39-30-47-48(4)31-39)33(2)10-12-40(32)61-45(58)51-19-17-49(18-20-51)15-7-5-6-8-16-53-41(55)13-14-42(53)56/h10,12-14,25-28,30-33,38,40,44,54H,5-9,11,15-24,29H2,1-4H3/b12-10?,34-25+/t32-,33-,38+,40-,44-/m0/s1. The van der Waals surface area contributed by atoms with Gasteiger partial charge in [0.1, 0.15) is 22.9 Å². The van der Waals surface area contributed by atoms with Crippen molar-refractivity contribution < 1.29 is 46.6 Å². The van der Waals surface area contributed by atoms with Crippen LogP contribution in [0.4, 0.5) is 14.9 Å². The van der Waals surface area contributed by atoms with E-state index >= 15 is 4.39 Å². The molecule has 1 N–H and O–H groups in total. The smallest absolute Gasteiger partial charge is 0.410 e. The van der Waals surface area contributed by atoms with Gasteiger partial charge in [0, 0.05) is 95.9 Å². The Bertz CT molecular complexity index is 2130. The molecule has 0 radical (unpaired) electrons. The summed E-state index contributed by atoms with van der Waals surface area (Å²) in [5.41, 5.74) is 1.77. The first kappa shape index (κ1) is 47.6. The van der Waals surface area contributed by atoms with Gasteiger partial charge in [-0.15, -0.1) is 0 Å². The van der Waals surface area contributed by atoms with Gasteiger partial charge in [-0.05, 0) is 80.5 Å². The van der Waals surface area contributed by atoms with Gasteiger partial charge >= 0.3 is 12.1 Å². The number of piperazine rings is 2. The number of carbonyl (C=O) groups excluding carboxylic acids is 4. The van der Waals surface area contributed by atoms with Gasteiger partial charge in [0.2, 0.25) is 10.0 Å².